The van der Waals surface area contributed by atoms with E-state index < -0.39 is 0 Å². The first kappa shape index (κ1) is 19.0. The molecule has 1 amide bonds. The maximum atomic E-state index is 12.4. The second kappa shape index (κ2) is 9.21. The number of esters is 1. The summed E-state index contributed by atoms with van der Waals surface area (Å²) >= 11 is 1.57. The summed E-state index contributed by atoms with van der Waals surface area (Å²) in [7, 11) is 0. The molecule has 24 heavy (non-hydrogen) atoms. The van der Waals surface area contributed by atoms with Gasteiger partial charge in [-0.15, -0.1) is 11.3 Å². The highest BCUT2D eigenvalue weighted by atomic mass is 32.1. The highest BCUT2D eigenvalue weighted by Crippen LogP contribution is 2.41. The normalized spacial score (nSPS) is 16.5. The average molecular weight is 352 g/mol. The van der Waals surface area contributed by atoms with E-state index in [0.717, 1.165) is 37.7 Å². The first-order valence-electron chi connectivity index (χ1n) is 9.22. The Morgan fingerprint density at radius 1 is 1.25 bits per heavy atom. The topological polar surface area (TPSA) is 55.4 Å². The Hall–Kier alpha value is -1.36. The zero-order valence-electron chi connectivity index (χ0n) is 15.1. The van der Waals surface area contributed by atoms with E-state index in [-0.39, 0.29) is 11.9 Å². The molecule has 1 aromatic heterocycles. The molecule has 2 rings (SSSR count). The van der Waals surface area contributed by atoms with Gasteiger partial charge in [0.05, 0.1) is 12.2 Å². The summed E-state index contributed by atoms with van der Waals surface area (Å²) < 4.78 is 5.25. The third-order valence-corrected chi connectivity index (χ3v) is 5.72. The number of anilines is 1. The molecule has 1 N–H and O–H groups in total. The number of hydrogen-bond donors (Lipinski definition) is 1. The van der Waals surface area contributed by atoms with E-state index >= 15 is 0 Å². The molecule has 0 aromatic carbocycles. The van der Waals surface area contributed by atoms with E-state index in [2.05, 4.69) is 19.2 Å². The Balaban J connectivity index is 2.25. The van der Waals surface area contributed by atoms with E-state index in [4.69, 9.17) is 4.74 Å². The summed E-state index contributed by atoms with van der Waals surface area (Å²) in [6.45, 7) is 6.45. The molecule has 134 valence electrons. The fourth-order valence-corrected chi connectivity index (χ4v) is 4.71. The average Bonchev–Trinajstić information content (AvgIpc) is 2.90. The quantitative estimate of drug-likeness (QED) is 0.674. The van der Waals surface area contributed by atoms with E-state index in [9.17, 15) is 9.59 Å². The SMILES string of the molecule is CCCCC(=O)Nc1sc2c(c1C(=O)OCC)CC[C@@H](CCC)C2. The maximum absolute atomic E-state index is 12.4. The summed E-state index contributed by atoms with van der Waals surface area (Å²) in [5.74, 6) is 0.390. The molecule has 0 unspecified atom stereocenters. The number of nitrogens with one attached hydrogen (secondary N) is 1. The standard InChI is InChI=1S/C19H29NO3S/c1-4-7-9-16(21)20-18-17(19(22)23-6-3)14-11-10-13(8-5-2)12-15(14)24-18/h13H,4-12H2,1-3H3,(H,20,21)/t13-/m1/s1. The van der Waals surface area contributed by atoms with Crippen molar-refractivity contribution in [2.75, 3.05) is 11.9 Å². The number of ether oxygens (including phenoxy) is 1. The molecule has 1 atom stereocenters. The predicted molar refractivity (Wildman–Crippen MR) is 98.9 cm³/mol. The molecule has 4 nitrogen and oxygen atoms in total. The molecule has 0 radical (unpaired) electrons. The van der Waals surface area contributed by atoms with Crippen LogP contribution in [0.5, 0.6) is 0 Å². The Kier molecular flexibility index (Phi) is 7.28. The number of carbonyl (C=O) groups excluding carboxylic acids is 2. The number of hydrogen-bond acceptors (Lipinski definition) is 4. The number of fused-ring (bicyclic) bond motifs is 1. The Morgan fingerprint density at radius 3 is 2.71 bits per heavy atom. The largest absolute Gasteiger partial charge is 0.462 e. The van der Waals surface area contributed by atoms with Gasteiger partial charge in [0, 0.05) is 11.3 Å². The zero-order chi connectivity index (χ0) is 17.5. The van der Waals surface area contributed by atoms with Crippen LogP contribution in [0.1, 0.15) is 80.1 Å². The fourth-order valence-electron chi connectivity index (χ4n) is 3.34. The van der Waals surface area contributed by atoms with Crippen LogP contribution in [0.3, 0.4) is 0 Å². The van der Waals surface area contributed by atoms with Crippen molar-refractivity contribution in [1.29, 1.82) is 0 Å². The molecule has 1 aliphatic rings. The lowest BCUT2D eigenvalue weighted by atomic mass is 9.84. The van der Waals surface area contributed by atoms with Gasteiger partial charge in [0.15, 0.2) is 0 Å². The van der Waals surface area contributed by atoms with Crippen molar-refractivity contribution < 1.29 is 14.3 Å². The molecule has 1 heterocycles. The third-order valence-electron chi connectivity index (χ3n) is 4.55. The molecule has 5 heteroatoms. The minimum absolute atomic E-state index is 0.00824. The summed E-state index contributed by atoms with van der Waals surface area (Å²) in [6, 6.07) is 0. The van der Waals surface area contributed by atoms with Gasteiger partial charge in [-0.1, -0.05) is 33.1 Å². The van der Waals surface area contributed by atoms with Gasteiger partial charge in [0.1, 0.15) is 5.00 Å². The van der Waals surface area contributed by atoms with Crippen LogP contribution in [0.2, 0.25) is 0 Å². The van der Waals surface area contributed by atoms with Gasteiger partial charge < -0.3 is 10.1 Å². The zero-order valence-corrected chi connectivity index (χ0v) is 15.9. The van der Waals surface area contributed by atoms with Crippen LogP contribution in [-0.4, -0.2) is 18.5 Å². The number of carbonyl (C=O) groups is 2. The smallest absolute Gasteiger partial charge is 0.341 e. The molecule has 0 aliphatic heterocycles. The molecule has 0 fully saturated rings. The first-order chi connectivity index (χ1) is 11.6. The van der Waals surface area contributed by atoms with Crippen LogP contribution in [-0.2, 0) is 22.4 Å². The lowest BCUT2D eigenvalue weighted by Crippen LogP contribution is -2.17. The van der Waals surface area contributed by atoms with Gasteiger partial charge in [-0.2, -0.15) is 0 Å². The summed E-state index contributed by atoms with van der Waals surface area (Å²) in [4.78, 5) is 25.8. The van der Waals surface area contributed by atoms with Crippen molar-refractivity contribution in [3.05, 3.63) is 16.0 Å². The maximum Gasteiger partial charge on any atom is 0.341 e. The summed E-state index contributed by atoms with van der Waals surface area (Å²) in [5, 5.41) is 3.66. The molecular formula is C19H29NO3S. The monoisotopic (exact) mass is 351 g/mol. The molecule has 1 aromatic rings. The van der Waals surface area contributed by atoms with E-state index in [1.54, 1.807) is 11.3 Å². The predicted octanol–water partition coefficient (Wildman–Crippen LogP) is 4.96. The third kappa shape index (κ3) is 4.59. The van der Waals surface area contributed by atoms with Crippen LogP contribution < -0.4 is 5.32 Å². The van der Waals surface area contributed by atoms with Crippen molar-refractivity contribution >= 4 is 28.2 Å². The lowest BCUT2D eigenvalue weighted by molar-refractivity contribution is -0.116. The Labute approximate surface area is 149 Å². The van der Waals surface area contributed by atoms with Gasteiger partial charge in [-0.3, -0.25) is 4.79 Å². The number of rotatable bonds is 8. The fraction of sp³-hybridized carbons (Fsp3) is 0.684. The van der Waals surface area contributed by atoms with Crippen LogP contribution in [0.25, 0.3) is 0 Å². The first-order valence-corrected chi connectivity index (χ1v) is 10.0. The number of thiophene rings is 1. The van der Waals surface area contributed by atoms with E-state index in [1.807, 2.05) is 6.92 Å². The van der Waals surface area contributed by atoms with Crippen molar-refractivity contribution in [1.82, 2.24) is 0 Å². The van der Waals surface area contributed by atoms with Gasteiger partial charge in [-0.25, -0.2) is 4.79 Å². The highest BCUT2D eigenvalue weighted by molar-refractivity contribution is 7.17. The van der Waals surface area contributed by atoms with Crippen molar-refractivity contribution in [2.45, 2.75) is 72.1 Å². The van der Waals surface area contributed by atoms with Gasteiger partial charge >= 0.3 is 5.97 Å². The number of amides is 1. The Morgan fingerprint density at radius 2 is 2.04 bits per heavy atom. The van der Waals surface area contributed by atoms with Crippen LogP contribution >= 0.6 is 11.3 Å². The highest BCUT2D eigenvalue weighted by Gasteiger charge is 2.29. The summed E-state index contributed by atoms with van der Waals surface area (Å²) in [5.41, 5.74) is 1.72. The van der Waals surface area contributed by atoms with E-state index in [0.29, 0.717) is 29.5 Å². The van der Waals surface area contributed by atoms with Crippen molar-refractivity contribution in [3.8, 4) is 0 Å². The van der Waals surface area contributed by atoms with Gasteiger partial charge in [-0.05, 0) is 44.1 Å². The second-order valence-corrected chi connectivity index (χ2v) is 7.58. The molecule has 0 saturated heterocycles. The van der Waals surface area contributed by atoms with Crippen LogP contribution in [0.4, 0.5) is 5.00 Å². The van der Waals surface area contributed by atoms with Crippen LogP contribution in [0.15, 0.2) is 0 Å². The molecular weight excluding hydrogens is 322 g/mol. The number of unbranched alkanes of at least 4 members (excludes halogenated alkanes) is 1. The lowest BCUT2D eigenvalue weighted by Gasteiger charge is -2.21. The second-order valence-electron chi connectivity index (χ2n) is 6.48. The Bertz CT molecular complexity index is 579. The molecule has 1 aliphatic carbocycles. The summed E-state index contributed by atoms with van der Waals surface area (Å²) in [6.07, 6.45) is 7.82. The van der Waals surface area contributed by atoms with Crippen molar-refractivity contribution in [2.24, 2.45) is 5.92 Å². The minimum atomic E-state index is -0.297. The van der Waals surface area contributed by atoms with Gasteiger partial charge in [0.2, 0.25) is 5.91 Å². The van der Waals surface area contributed by atoms with Crippen LogP contribution in [0, 0.1) is 5.92 Å². The minimum Gasteiger partial charge on any atom is -0.462 e. The van der Waals surface area contributed by atoms with E-state index in [1.165, 1.54) is 17.7 Å². The van der Waals surface area contributed by atoms with Gasteiger partial charge in [0.25, 0.3) is 0 Å². The molecule has 0 bridgehead atoms. The molecule has 0 saturated carbocycles. The van der Waals surface area contributed by atoms with Crippen molar-refractivity contribution in [3.63, 3.8) is 0 Å². The molecule has 0 spiro atoms.